The van der Waals surface area contributed by atoms with Gasteiger partial charge in [-0.15, -0.1) is 0 Å². The minimum atomic E-state index is -0.770. The fourth-order valence-corrected chi connectivity index (χ4v) is 10.5. The second-order valence-corrected chi connectivity index (χ2v) is 23.5. The molecule has 6 heteroatoms. The summed E-state index contributed by atoms with van der Waals surface area (Å²) in [5, 5.41) is 0. The van der Waals surface area contributed by atoms with E-state index < -0.39 is 6.10 Å². The standard InChI is InChI=1S/C70H132O6/c1-4-7-10-13-16-19-22-25-28-30-32-33-34-35-36-38-39-42-45-48-51-54-57-60-63-69(72)75-66-67(65-74-68(71)62-59-56-53-50-47-44-41-27-24-21-18-15-12-9-6-3)76-70(73)64-61-58-55-52-49-46-43-40-37-31-29-26-23-20-17-14-11-8-5-2/h17,20,26,29,67H,4-16,18-19,21-25,27-28,30-66H2,1-3H3/b20-17-,29-26-. The van der Waals surface area contributed by atoms with E-state index in [1.165, 1.54) is 283 Å². The highest BCUT2D eigenvalue weighted by atomic mass is 16.6. The maximum Gasteiger partial charge on any atom is 0.306 e. The predicted molar refractivity (Wildman–Crippen MR) is 330 cm³/mol. The molecule has 0 amide bonds. The van der Waals surface area contributed by atoms with E-state index in [1.54, 1.807) is 0 Å². The fourth-order valence-electron chi connectivity index (χ4n) is 10.5. The van der Waals surface area contributed by atoms with Crippen molar-refractivity contribution in [1.29, 1.82) is 0 Å². The Bertz CT molecular complexity index is 1230. The maximum atomic E-state index is 12.9. The van der Waals surface area contributed by atoms with Crippen molar-refractivity contribution < 1.29 is 28.6 Å². The third-order valence-electron chi connectivity index (χ3n) is 15.7. The first-order chi connectivity index (χ1) is 37.5. The Balaban J connectivity index is 4.26. The van der Waals surface area contributed by atoms with Gasteiger partial charge in [0, 0.05) is 19.3 Å². The summed E-state index contributed by atoms with van der Waals surface area (Å²) < 4.78 is 17.0. The van der Waals surface area contributed by atoms with Crippen LogP contribution >= 0.6 is 0 Å². The van der Waals surface area contributed by atoms with Gasteiger partial charge in [0.05, 0.1) is 0 Å². The molecule has 0 aliphatic heterocycles. The van der Waals surface area contributed by atoms with Gasteiger partial charge in [-0.1, -0.05) is 340 Å². The van der Waals surface area contributed by atoms with E-state index in [1.807, 2.05) is 0 Å². The molecule has 0 fully saturated rings. The molecule has 0 spiro atoms. The van der Waals surface area contributed by atoms with E-state index in [4.69, 9.17) is 14.2 Å². The lowest BCUT2D eigenvalue weighted by molar-refractivity contribution is -0.167. The molecule has 0 rings (SSSR count). The molecule has 0 N–H and O–H groups in total. The Labute approximate surface area is 474 Å². The number of carbonyl (C=O) groups is 3. The third-order valence-corrected chi connectivity index (χ3v) is 15.7. The minimum absolute atomic E-state index is 0.0664. The molecular weight excluding hydrogens is 937 g/mol. The summed E-state index contributed by atoms with van der Waals surface area (Å²) in [6.45, 7) is 6.70. The molecule has 448 valence electrons. The van der Waals surface area contributed by atoms with Gasteiger partial charge in [0.15, 0.2) is 6.10 Å². The number of carbonyl (C=O) groups excluding carboxylic acids is 3. The molecule has 0 bridgehead atoms. The number of hydrogen-bond acceptors (Lipinski definition) is 6. The van der Waals surface area contributed by atoms with Crippen molar-refractivity contribution >= 4 is 17.9 Å². The molecule has 0 saturated heterocycles. The summed E-state index contributed by atoms with van der Waals surface area (Å²) in [4.78, 5) is 38.4. The summed E-state index contributed by atoms with van der Waals surface area (Å²) in [6.07, 6.45) is 79.1. The molecule has 6 nitrogen and oxygen atoms in total. The van der Waals surface area contributed by atoms with Crippen molar-refractivity contribution in [2.24, 2.45) is 0 Å². The number of allylic oxidation sites excluding steroid dienone is 4. The van der Waals surface area contributed by atoms with Crippen LogP contribution in [0.2, 0.25) is 0 Å². The van der Waals surface area contributed by atoms with Gasteiger partial charge in [-0.05, 0) is 51.4 Å². The molecule has 0 aromatic heterocycles. The molecule has 0 aromatic carbocycles. The Hall–Kier alpha value is -2.11. The SMILES string of the molecule is CCCCC/C=C\C/C=C\CCCCCCCCCCCC(=O)OC(COC(=O)CCCCCCCCCCCCCCCCC)COC(=O)CCCCCCCCCCCCCCCCCCCCCCCCCC. The number of ether oxygens (including phenoxy) is 3. The van der Waals surface area contributed by atoms with Gasteiger partial charge < -0.3 is 14.2 Å². The van der Waals surface area contributed by atoms with Crippen LogP contribution in [0.3, 0.4) is 0 Å². The largest absolute Gasteiger partial charge is 0.462 e. The van der Waals surface area contributed by atoms with Gasteiger partial charge in [-0.3, -0.25) is 14.4 Å². The molecule has 0 aromatic rings. The van der Waals surface area contributed by atoms with Crippen LogP contribution in [-0.4, -0.2) is 37.2 Å². The van der Waals surface area contributed by atoms with Crippen LogP contribution in [-0.2, 0) is 28.6 Å². The average molecular weight is 1070 g/mol. The predicted octanol–water partition coefficient (Wildman–Crippen LogP) is 23.4. The second kappa shape index (κ2) is 65.4. The van der Waals surface area contributed by atoms with Crippen LogP contribution < -0.4 is 0 Å². The summed E-state index contributed by atoms with van der Waals surface area (Å²) in [5.74, 6) is -0.838. The lowest BCUT2D eigenvalue weighted by atomic mass is 10.0. The monoisotopic (exact) mass is 1070 g/mol. The van der Waals surface area contributed by atoms with E-state index in [0.29, 0.717) is 19.3 Å². The van der Waals surface area contributed by atoms with Gasteiger partial charge in [0.25, 0.3) is 0 Å². The molecule has 0 radical (unpaired) electrons. The van der Waals surface area contributed by atoms with E-state index in [2.05, 4.69) is 45.1 Å². The smallest absolute Gasteiger partial charge is 0.306 e. The zero-order valence-corrected chi connectivity index (χ0v) is 51.6. The van der Waals surface area contributed by atoms with Gasteiger partial charge in [0.1, 0.15) is 13.2 Å². The molecule has 0 saturated carbocycles. The van der Waals surface area contributed by atoms with Crippen molar-refractivity contribution in [1.82, 2.24) is 0 Å². The Kier molecular flexibility index (Phi) is 63.6. The molecule has 0 heterocycles. The van der Waals surface area contributed by atoms with Crippen LogP contribution in [0.4, 0.5) is 0 Å². The van der Waals surface area contributed by atoms with Gasteiger partial charge in [-0.25, -0.2) is 0 Å². The van der Waals surface area contributed by atoms with Gasteiger partial charge in [0.2, 0.25) is 0 Å². The lowest BCUT2D eigenvalue weighted by Gasteiger charge is -2.18. The first-order valence-corrected chi connectivity index (χ1v) is 34.3. The number of esters is 3. The summed E-state index contributed by atoms with van der Waals surface area (Å²) in [6, 6.07) is 0. The topological polar surface area (TPSA) is 78.9 Å². The number of unbranched alkanes of at least 4 members (excludes halogenated alkanes) is 49. The van der Waals surface area contributed by atoms with E-state index >= 15 is 0 Å². The molecule has 76 heavy (non-hydrogen) atoms. The maximum absolute atomic E-state index is 12.9. The van der Waals surface area contributed by atoms with E-state index in [0.717, 1.165) is 64.2 Å². The quantitative estimate of drug-likeness (QED) is 0.0261. The van der Waals surface area contributed by atoms with Crippen molar-refractivity contribution in [3.05, 3.63) is 24.3 Å². The number of hydrogen-bond donors (Lipinski definition) is 0. The molecule has 1 atom stereocenters. The highest BCUT2D eigenvalue weighted by Gasteiger charge is 2.19. The summed E-state index contributed by atoms with van der Waals surface area (Å²) in [7, 11) is 0. The second-order valence-electron chi connectivity index (χ2n) is 23.5. The average Bonchev–Trinajstić information content (AvgIpc) is 3.42. The van der Waals surface area contributed by atoms with Crippen molar-refractivity contribution in [3.8, 4) is 0 Å². The van der Waals surface area contributed by atoms with Crippen LogP contribution in [0.5, 0.6) is 0 Å². The lowest BCUT2D eigenvalue weighted by Crippen LogP contribution is -2.30. The summed E-state index contributed by atoms with van der Waals surface area (Å²) in [5.41, 5.74) is 0. The van der Waals surface area contributed by atoms with Gasteiger partial charge in [-0.2, -0.15) is 0 Å². The Morgan fingerprint density at radius 2 is 0.474 bits per heavy atom. The van der Waals surface area contributed by atoms with Gasteiger partial charge >= 0.3 is 17.9 Å². The first-order valence-electron chi connectivity index (χ1n) is 34.3. The summed E-state index contributed by atoms with van der Waals surface area (Å²) >= 11 is 0. The zero-order valence-electron chi connectivity index (χ0n) is 51.6. The number of rotatable bonds is 64. The zero-order chi connectivity index (χ0) is 55.0. The molecular formula is C70H132O6. The molecule has 0 aliphatic rings. The fraction of sp³-hybridized carbons (Fsp3) is 0.900. The first kappa shape index (κ1) is 73.9. The third kappa shape index (κ3) is 62.7. The highest BCUT2D eigenvalue weighted by Crippen LogP contribution is 2.19. The van der Waals surface area contributed by atoms with Crippen LogP contribution in [0.1, 0.15) is 387 Å². The van der Waals surface area contributed by atoms with Crippen molar-refractivity contribution in [3.63, 3.8) is 0 Å². The van der Waals surface area contributed by atoms with Crippen LogP contribution in [0.15, 0.2) is 24.3 Å². The van der Waals surface area contributed by atoms with Crippen molar-refractivity contribution in [2.45, 2.75) is 393 Å². The van der Waals surface area contributed by atoms with E-state index in [9.17, 15) is 14.4 Å². The normalized spacial score (nSPS) is 12.1. The van der Waals surface area contributed by atoms with E-state index in [-0.39, 0.29) is 31.1 Å². The Morgan fingerprint density at radius 3 is 0.750 bits per heavy atom. The Morgan fingerprint density at radius 1 is 0.263 bits per heavy atom. The molecule has 1 unspecified atom stereocenters. The molecule has 0 aliphatic carbocycles. The van der Waals surface area contributed by atoms with Crippen molar-refractivity contribution in [2.75, 3.05) is 13.2 Å². The van der Waals surface area contributed by atoms with Crippen LogP contribution in [0.25, 0.3) is 0 Å². The van der Waals surface area contributed by atoms with Crippen LogP contribution in [0, 0.1) is 0 Å². The highest BCUT2D eigenvalue weighted by molar-refractivity contribution is 5.71. The minimum Gasteiger partial charge on any atom is -0.462 e.